The van der Waals surface area contributed by atoms with Crippen LogP contribution in [0.3, 0.4) is 0 Å². The Morgan fingerprint density at radius 1 is 0.962 bits per heavy atom. The van der Waals surface area contributed by atoms with Gasteiger partial charge in [0.1, 0.15) is 0 Å². The summed E-state index contributed by atoms with van der Waals surface area (Å²) < 4.78 is 9.23. The SMILES string of the molecule is CCOC(=O)/C=C/C(=O)OCC(=O)NC(=O)c1ccc(C(C)(C)C)cc1. The Bertz CT molecular complexity index is 698. The van der Waals surface area contributed by atoms with Gasteiger partial charge in [0.25, 0.3) is 11.8 Å². The lowest BCUT2D eigenvalue weighted by molar-refractivity contribution is -0.144. The molecule has 2 amide bonds. The Kier molecular flexibility index (Phi) is 7.71. The van der Waals surface area contributed by atoms with Gasteiger partial charge in [-0.1, -0.05) is 32.9 Å². The maximum atomic E-state index is 12.0. The van der Waals surface area contributed by atoms with E-state index < -0.39 is 30.4 Å². The third-order valence-electron chi connectivity index (χ3n) is 3.25. The Morgan fingerprint density at radius 3 is 2.00 bits per heavy atom. The molecule has 140 valence electrons. The molecule has 7 heteroatoms. The summed E-state index contributed by atoms with van der Waals surface area (Å²) in [6.07, 6.45) is 1.74. The normalized spacial score (nSPS) is 11.1. The molecule has 0 saturated carbocycles. The molecule has 0 fully saturated rings. The summed E-state index contributed by atoms with van der Waals surface area (Å²) in [6, 6.07) is 6.88. The quantitative estimate of drug-likeness (QED) is 0.614. The van der Waals surface area contributed by atoms with E-state index in [0.29, 0.717) is 5.56 Å². The lowest BCUT2D eigenvalue weighted by atomic mass is 9.87. The van der Waals surface area contributed by atoms with Crippen molar-refractivity contribution in [3.63, 3.8) is 0 Å². The molecule has 0 aliphatic rings. The van der Waals surface area contributed by atoms with Crippen LogP contribution in [-0.4, -0.2) is 37.0 Å². The Morgan fingerprint density at radius 2 is 1.50 bits per heavy atom. The van der Waals surface area contributed by atoms with Gasteiger partial charge in [-0.05, 0) is 30.0 Å². The first-order chi connectivity index (χ1) is 12.1. The zero-order chi connectivity index (χ0) is 19.7. The minimum Gasteiger partial charge on any atom is -0.463 e. The Balaban J connectivity index is 2.49. The molecule has 1 aromatic rings. The number of esters is 2. The summed E-state index contributed by atoms with van der Waals surface area (Å²) in [5.41, 5.74) is 1.33. The fraction of sp³-hybridized carbons (Fsp3) is 0.368. The maximum absolute atomic E-state index is 12.0. The van der Waals surface area contributed by atoms with Crippen molar-refractivity contribution in [2.75, 3.05) is 13.2 Å². The lowest BCUT2D eigenvalue weighted by Gasteiger charge is -2.18. The Hall–Kier alpha value is -2.96. The lowest BCUT2D eigenvalue weighted by Crippen LogP contribution is -2.34. The first kappa shape index (κ1) is 21.1. The summed E-state index contributed by atoms with van der Waals surface area (Å²) >= 11 is 0. The van der Waals surface area contributed by atoms with Gasteiger partial charge >= 0.3 is 11.9 Å². The molecular formula is C19H23NO6. The van der Waals surface area contributed by atoms with Crippen LogP contribution in [0.5, 0.6) is 0 Å². The second-order valence-corrected chi connectivity index (χ2v) is 6.40. The zero-order valence-electron chi connectivity index (χ0n) is 15.3. The molecule has 0 atom stereocenters. The summed E-state index contributed by atoms with van der Waals surface area (Å²) in [5.74, 6) is -2.95. The van der Waals surface area contributed by atoms with Crippen molar-refractivity contribution in [2.24, 2.45) is 0 Å². The smallest absolute Gasteiger partial charge is 0.331 e. The molecule has 0 radical (unpaired) electrons. The maximum Gasteiger partial charge on any atom is 0.331 e. The molecule has 0 spiro atoms. The average Bonchev–Trinajstić information content (AvgIpc) is 2.57. The van der Waals surface area contributed by atoms with Crippen molar-refractivity contribution in [2.45, 2.75) is 33.1 Å². The van der Waals surface area contributed by atoms with E-state index in [9.17, 15) is 19.2 Å². The van der Waals surface area contributed by atoms with Crippen molar-refractivity contribution in [1.29, 1.82) is 0 Å². The number of rotatable bonds is 6. The second-order valence-electron chi connectivity index (χ2n) is 6.40. The van der Waals surface area contributed by atoms with E-state index in [-0.39, 0.29) is 12.0 Å². The first-order valence-corrected chi connectivity index (χ1v) is 8.09. The first-order valence-electron chi connectivity index (χ1n) is 8.09. The average molecular weight is 361 g/mol. The van der Waals surface area contributed by atoms with Crippen LogP contribution in [-0.2, 0) is 29.3 Å². The van der Waals surface area contributed by atoms with Crippen LogP contribution in [0.15, 0.2) is 36.4 Å². The molecule has 1 rings (SSSR count). The number of benzene rings is 1. The number of carbonyl (C=O) groups is 4. The minimum absolute atomic E-state index is 0.0455. The molecule has 0 aliphatic heterocycles. The predicted octanol–water partition coefficient (Wildman–Crippen LogP) is 1.90. The van der Waals surface area contributed by atoms with E-state index in [2.05, 4.69) is 35.6 Å². The number of imide groups is 1. The van der Waals surface area contributed by atoms with Crippen LogP contribution >= 0.6 is 0 Å². The van der Waals surface area contributed by atoms with Gasteiger partial charge in [-0.2, -0.15) is 0 Å². The summed E-state index contributed by atoms with van der Waals surface area (Å²) in [7, 11) is 0. The number of amides is 2. The van der Waals surface area contributed by atoms with E-state index >= 15 is 0 Å². The van der Waals surface area contributed by atoms with Gasteiger partial charge in [0.2, 0.25) is 0 Å². The van der Waals surface area contributed by atoms with Crippen molar-refractivity contribution in [3.05, 3.63) is 47.5 Å². The van der Waals surface area contributed by atoms with E-state index in [4.69, 9.17) is 0 Å². The number of ether oxygens (including phenoxy) is 2. The molecule has 0 saturated heterocycles. The zero-order valence-corrected chi connectivity index (χ0v) is 15.3. The topological polar surface area (TPSA) is 98.8 Å². The van der Waals surface area contributed by atoms with Crippen LogP contribution in [0.2, 0.25) is 0 Å². The third kappa shape index (κ3) is 7.29. The van der Waals surface area contributed by atoms with Gasteiger partial charge in [-0.3, -0.25) is 14.9 Å². The van der Waals surface area contributed by atoms with Crippen molar-refractivity contribution < 1.29 is 28.7 Å². The molecule has 1 aromatic carbocycles. The van der Waals surface area contributed by atoms with Gasteiger partial charge in [-0.25, -0.2) is 9.59 Å². The molecule has 0 aliphatic carbocycles. The summed E-state index contributed by atoms with van der Waals surface area (Å²) in [6.45, 7) is 7.32. The molecule has 1 N–H and O–H groups in total. The monoisotopic (exact) mass is 361 g/mol. The van der Waals surface area contributed by atoms with Crippen LogP contribution in [0.4, 0.5) is 0 Å². The van der Waals surface area contributed by atoms with Crippen molar-refractivity contribution in [1.82, 2.24) is 5.32 Å². The number of nitrogens with one attached hydrogen (secondary N) is 1. The van der Waals surface area contributed by atoms with Crippen molar-refractivity contribution in [3.8, 4) is 0 Å². The van der Waals surface area contributed by atoms with Crippen LogP contribution in [0.1, 0.15) is 43.6 Å². The molecule has 7 nitrogen and oxygen atoms in total. The number of carbonyl (C=O) groups excluding carboxylic acids is 4. The summed E-state index contributed by atoms with van der Waals surface area (Å²) in [5, 5.41) is 2.12. The largest absolute Gasteiger partial charge is 0.463 e. The Labute approximate surface area is 152 Å². The number of hydrogen-bond donors (Lipinski definition) is 1. The molecular weight excluding hydrogens is 338 g/mol. The fourth-order valence-corrected chi connectivity index (χ4v) is 1.87. The van der Waals surface area contributed by atoms with Gasteiger partial charge < -0.3 is 9.47 Å². The molecule has 0 unspecified atom stereocenters. The van der Waals surface area contributed by atoms with E-state index in [0.717, 1.165) is 17.7 Å². The second kappa shape index (κ2) is 9.50. The summed E-state index contributed by atoms with van der Waals surface area (Å²) in [4.78, 5) is 46.1. The fourth-order valence-electron chi connectivity index (χ4n) is 1.87. The van der Waals surface area contributed by atoms with Crippen LogP contribution < -0.4 is 5.32 Å². The highest BCUT2D eigenvalue weighted by Gasteiger charge is 2.16. The number of hydrogen-bond acceptors (Lipinski definition) is 6. The van der Waals surface area contributed by atoms with Crippen molar-refractivity contribution >= 4 is 23.8 Å². The van der Waals surface area contributed by atoms with Gasteiger partial charge in [0, 0.05) is 17.7 Å². The van der Waals surface area contributed by atoms with Crippen LogP contribution in [0.25, 0.3) is 0 Å². The third-order valence-corrected chi connectivity index (χ3v) is 3.25. The van der Waals surface area contributed by atoms with E-state index in [1.807, 2.05) is 12.1 Å². The predicted molar refractivity (Wildman–Crippen MR) is 94.3 cm³/mol. The van der Waals surface area contributed by atoms with E-state index in [1.165, 1.54) is 0 Å². The molecule has 0 aromatic heterocycles. The van der Waals surface area contributed by atoms with E-state index in [1.54, 1.807) is 19.1 Å². The van der Waals surface area contributed by atoms with Gasteiger partial charge in [-0.15, -0.1) is 0 Å². The molecule has 0 bridgehead atoms. The standard InChI is InChI=1S/C19H23NO6/c1-5-25-16(22)10-11-17(23)26-12-15(21)20-18(24)13-6-8-14(9-7-13)19(2,3)4/h6-11H,5,12H2,1-4H3,(H,20,21,24)/b11-10+. The van der Waals surface area contributed by atoms with Gasteiger partial charge in [0.05, 0.1) is 6.61 Å². The van der Waals surface area contributed by atoms with Gasteiger partial charge in [0.15, 0.2) is 6.61 Å². The highest BCUT2D eigenvalue weighted by molar-refractivity contribution is 6.05. The van der Waals surface area contributed by atoms with Crippen LogP contribution in [0, 0.1) is 0 Å². The highest BCUT2D eigenvalue weighted by atomic mass is 16.5. The molecule has 26 heavy (non-hydrogen) atoms. The minimum atomic E-state index is -0.893. The molecule has 0 heterocycles. The highest BCUT2D eigenvalue weighted by Crippen LogP contribution is 2.22.